The van der Waals surface area contributed by atoms with Crippen LogP contribution in [-0.2, 0) is 0 Å². The molecule has 0 saturated carbocycles. The third-order valence-corrected chi connectivity index (χ3v) is 2.72. The molecule has 0 saturated heterocycles. The molecule has 0 aromatic carbocycles. The van der Waals surface area contributed by atoms with Crippen molar-refractivity contribution in [3.63, 3.8) is 0 Å². The molecule has 3 aromatic heterocycles. The molecule has 3 rings (SSSR count). The third kappa shape index (κ3) is 8.46. The van der Waals surface area contributed by atoms with Gasteiger partial charge in [0.2, 0.25) is 0 Å². The summed E-state index contributed by atoms with van der Waals surface area (Å²) in [5.74, 6) is 1.70. The van der Waals surface area contributed by atoms with E-state index < -0.39 is 0 Å². The summed E-state index contributed by atoms with van der Waals surface area (Å²) in [4.78, 5) is 12.0. The average Bonchev–Trinajstić information content (AvgIpc) is 2.90. The van der Waals surface area contributed by atoms with Gasteiger partial charge in [0.1, 0.15) is 11.6 Å². The number of hydrogen-bond donors (Lipinski definition) is 0. The molecule has 0 spiro atoms. The summed E-state index contributed by atoms with van der Waals surface area (Å²) in [6, 6.07) is 5.96. The molecule has 23 heavy (non-hydrogen) atoms. The van der Waals surface area contributed by atoms with E-state index >= 15 is 0 Å². The maximum absolute atomic E-state index is 4.71. The first-order chi connectivity index (χ1) is 10.9. The molecule has 3 heterocycles. The third-order valence-electron chi connectivity index (χ3n) is 2.72. The van der Waals surface area contributed by atoms with Crippen LogP contribution >= 0.6 is 0 Å². The van der Waals surface area contributed by atoms with Crippen molar-refractivity contribution >= 4 is 0 Å². The van der Waals surface area contributed by atoms with Crippen LogP contribution in [0.2, 0.25) is 0 Å². The first-order valence-electron chi connectivity index (χ1n) is 7.41. The topological polar surface area (TPSA) is 64.7 Å². The highest BCUT2D eigenvalue weighted by Crippen LogP contribution is 1.97. The Labute approximate surface area is 137 Å². The molecule has 0 fully saturated rings. The van der Waals surface area contributed by atoms with Crippen molar-refractivity contribution in [2.75, 3.05) is 0 Å². The van der Waals surface area contributed by atoms with Gasteiger partial charge in [-0.25, -0.2) is 9.97 Å². The summed E-state index contributed by atoms with van der Waals surface area (Å²) in [5, 5.41) is 3.64. The first-order valence-corrected chi connectivity index (χ1v) is 7.41. The number of pyridine rings is 1. The van der Waals surface area contributed by atoms with Crippen LogP contribution in [-0.4, -0.2) is 20.1 Å². The highest BCUT2D eigenvalue weighted by Gasteiger charge is 1.88. The van der Waals surface area contributed by atoms with Crippen LogP contribution in [0.5, 0.6) is 0 Å². The second-order valence-corrected chi connectivity index (χ2v) is 5.36. The molecule has 0 atom stereocenters. The Kier molecular flexibility index (Phi) is 7.60. The van der Waals surface area contributed by atoms with Crippen LogP contribution in [0.15, 0.2) is 41.3 Å². The fourth-order valence-corrected chi connectivity index (χ4v) is 1.49. The van der Waals surface area contributed by atoms with Gasteiger partial charge in [0, 0.05) is 30.4 Å². The molecule has 0 amide bonds. The molecular formula is C18H24N4O. The molecule has 0 radical (unpaired) electrons. The maximum atomic E-state index is 4.71. The quantitative estimate of drug-likeness (QED) is 0.625. The van der Waals surface area contributed by atoms with E-state index in [4.69, 9.17) is 4.52 Å². The SMILES string of the molecule is Cc1cc(C)on1.Cc1ccc(C)nc1.Cc1cnc(C)nc1. The van der Waals surface area contributed by atoms with Crippen LogP contribution in [0.3, 0.4) is 0 Å². The number of nitrogens with zero attached hydrogens (tertiary/aromatic N) is 4. The Morgan fingerprint density at radius 3 is 1.61 bits per heavy atom. The van der Waals surface area contributed by atoms with Gasteiger partial charge in [-0.05, 0) is 58.7 Å². The van der Waals surface area contributed by atoms with Gasteiger partial charge in [-0.15, -0.1) is 0 Å². The summed E-state index contributed by atoms with van der Waals surface area (Å²) in [6.07, 6.45) is 5.49. The zero-order chi connectivity index (χ0) is 17.2. The second-order valence-electron chi connectivity index (χ2n) is 5.36. The van der Waals surface area contributed by atoms with Crippen LogP contribution in [0.25, 0.3) is 0 Å². The summed E-state index contributed by atoms with van der Waals surface area (Å²) < 4.78 is 4.71. The van der Waals surface area contributed by atoms with Crippen molar-refractivity contribution in [1.29, 1.82) is 0 Å². The molecule has 0 aliphatic heterocycles. The maximum Gasteiger partial charge on any atom is 0.133 e. The molecule has 5 heteroatoms. The Morgan fingerprint density at radius 1 is 0.696 bits per heavy atom. The van der Waals surface area contributed by atoms with Gasteiger partial charge >= 0.3 is 0 Å². The minimum atomic E-state index is 0.829. The van der Waals surface area contributed by atoms with E-state index in [1.165, 1.54) is 5.56 Å². The van der Waals surface area contributed by atoms with Gasteiger partial charge in [-0.2, -0.15) is 0 Å². The standard InChI is InChI=1S/C7H9N.C6H8N2.C5H7NO/c1-6-3-4-7(2)8-5-6;1-5-3-7-6(2)8-4-5;1-4-3-5(2)7-6-4/h3-5H,1-2H3;3-4H,1-2H3;3H,1-2H3. The predicted octanol–water partition coefficient (Wildman–Crippen LogP) is 4.08. The van der Waals surface area contributed by atoms with Crippen molar-refractivity contribution < 1.29 is 4.52 Å². The normalized spacial score (nSPS) is 9.30. The lowest BCUT2D eigenvalue weighted by Gasteiger charge is -1.89. The zero-order valence-corrected chi connectivity index (χ0v) is 14.7. The van der Waals surface area contributed by atoms with Gasteiger partial charge in [0.05, 0.1) is 5.69 Å². The van der Waals surface area contributed by atoms with E-state index in [-0.39, 0.29) is 0 Å². The summed E-state index contributed by atoms with van der Waals surface area (Å²) in [6.45, 7) is 11.6. The van der Waals surface area contributed by atoms with Crippen molar-refractivity contribution in [2.45, 2.75) is 41.5 Å². The fourth-order valence-electron chi connectivity index (χ4n) is 1.49. The monoisotopic (exact) mass is 312 g/mol. The summed E-state index contributed by atoms with van der Waals surface area (Å²) in [7, 11) is 0. The molecule has 5 nitrogen and oxygen atoms in total. The molecule has 0 aliphatic carbocycles. The van der Waals surface area contributed by atoms with Gasteiger partial charge in [-0.3, -0.25) is 4.98 Å². The number of hydrogen-bond acceptors (Lipinski definition) is 5. The number of rotatable bonds is 0. The van der Waals surface area contributed by atoms with Gasteiger partial charge < -0.3 is 4.52 Å². The lowest BCUT2D eigenvalue weighted by atomic mass is 10.3. The van der Waals surface area contributed by atoms with E-state index in [1.807, 2.05) is 72.3 Å². The molecule has 122 valence electrons. The van der Waals surface area contributed by atoms with Crippen LogP contribution in [0.1, 0.15) is 34.1 Å². The van der Waals surface area contributed by atoms with Crippen molar-refractivity contribution in [3.8, 4) is 0 Å². The average molecular weight is 312 g/mol. The Hall–Kier alpha value is -2.56. The summed E-state index contributed by atoms with van der Waals surface area (Å²) in [5.41, 5.74) is 4.35. The largest absolute Gasteiger partial charge is 0.361 e. The van der Waals surface area contributed by atoms with Crippen LogP contribution in [0.4, 0.5) is 0 Å². The molecule has 0 aliphatic rings. The van der Waals surface area contributed by atoms with Crippen LogP contribution < -0.4 is 0 Å². The van der Waals surface area contributed by atoms with Crippen molar-refractivity contribution in [3.05, 3.63) is 70.9 Å². The lowest BCUT2D eigenvalue weighted by molar-refractivity contribution is 0.393. The van der Waals surface area contributed by atoms with E-state index in [0.29, 0.717) is 0 Å². The second kappa shape index (κ2) is 9.46. The molecule has 0 unspecified atom stereocenters. The molecule has 0 bridgehead atoms. The lowest BCUT2D eigenvalue weighted by Crippen LogP contribution is -1.84. The van der Waals surface area contributed by atoms with Gasteiger partial charge in [-0.1, -0.05) is 11.2 Å². The van der Waals surface area contributed by atoms with Crippen LogP contribution in [0, 0.1) is 41.5 Å². The number of aryl methyl sites for hydroxylation is 6. The van der Waals surface area contributed by atoms with E-state index in [9.17, 15) is 0 Å². The Bertz CT molecular complexity index is 586. The minimum absolute atomic E-state index is 0.829. The highest BCUT2D eigenvalue weighted by molar-refractivity contribution is 5.10. The molecule has 3 aromatic rings. The highest BCUT2D eigenvalue weighted by atomic mass is 16.5. The Balaban J connectivity index is 0.000000173. The van der Waals surface area contributed by atoms with E-state index in [0.717, 1.165) is 28.5 Å². The molecular weight excluding hydrogens is 288 g/mol. The van der Waals surface area contributed by atoms with Crippen molar-refractivity contribution in [2.24, 2.45) is 0 Å². The summed E-state index contributed by atoms with van der Waals surface area (Å²) >= 11 is 0. The first kappa shape index (κ1) is 18.5. The smallest absolute Gasteiger partial charge is 0.133 e. The predicted molar refractivity (Wildman–Crippen MR) is 91.2 cm³/mol. The number of aromatic nitrogens is 4. The Morgan fingerprint density at radius 2 is 1.30 bits per heavy atom. The van der Waals surface area contributed by atoms with Gasteiger partial charge in [0.15, 0.2) is 0 Å². The minimum Gasteiger partial charge on any atom is -0.361 e. The van der Waals surface area contributed by atoms with Crippen molar-refractivity contribution in [1.82, 2.24) is 20.1 Å². The van der Waals surface area contributed by atoms with E-state index in [2.05, 4.69) is 26.2 Å². The zero-order valence-electron chi connectivity index (χ0n) is 14.7. The molecule has 0 N–H and O–H groups in total. The van der Waals surface area contributed by atoms with Gasteiger partial charge in [0.25, 0.3) is 0 Å². The fraction of sp³-hybridized carbons (Fsp3) is 0.333. The van der Waals surface area contributed by atoms with E-state index in [1.54, 1.807) is 0 Å².